The molecular weight excluding hydrogens is 258 g/mol. The first kappa shape index (κ1) is 15.4. The first-order valence-electron chi connectivity index (χ1n) is 7.74. The van der Waals surface area contributed by atoms with E-state index in [1.807, 2.05) is 6.20 Å². The van der Waals surface area contributed by atoms with Crippen LogP contribution >= 0.6 is 0 Å². The summed E-state index contributed by atoms with van der Waals surface area (Å²) in [5.41, 5.74) is 3.85. The molecular formula is C18H25N3. The van der Waals surface area contributed by atoms with Crippen molar-refractivity contribution in [1.29, 1.82) is 0 Å². The van der Waals surface area contributed by atoms with Gasteiger partial charge in [0, 0.05) is 31.5 Å². The molecule has 0 saturated heterocycles. The Kier molecular flexibility index (Phi) is 5.61. The molecule has 1 aromatic heterocycles. The van der Waals surface area contributed by atoms with Crippen molar-refractivity contribution in [2.75, 3.05) is 23.3 Å². The van der Waals surface area contributed by atoms with Crippen molar-refractivity contribution < 1.29 is 0 Å². The standard InChI is InChI=1S/C18H25N3/c1-4-12-19-18-11-10-16(13-20-18)14-21(5-2)17-9-7-6-8-15(17)3/h6-11,13H,4-5,12,14H2,1-3H3,(H,19,20). The molecule has 0 saturated carbocycles. The van der Waals surface area contributed by atoms with Crippen LogP contribution < -0.4 is 10.2 Å². The molecule has 0 amide bonds. The number of nitrogens with one attached hydrogen (secondary N) is 1. The maximum absolute atomic E-state index is 4.48. The van der Waals surface area contributed by atoms with E-state index in [0.29, 0.717) is 0 Å². The zero-order valence-electron chi connectivity index (χ0n) is 13.3. The predicted molar refractivity (Wildman–Crippen MR) is 90.9 cm³/mol. The van der Waals surface area contributed by atoms with Crippen LogP contribution in [0.25, 0.3) is 0 Å². The molecule has 0 fully saturated rings. The molecule has 1 aromatic carbocycles. The van der Waals surface area contributed by atoms with Crippen LogP contribution in [-0.2, 0) is 6.54 Å². The number of benzene rings is 1. The second-order valence-electron chi connectivity index (χ2n) is 5.28. The van der Waals surface area contributed by atoms with Crippen LogP contribution in [0.3, 0.4) is 0 Å². The zero-order valence-corrected chi connectivity index (χ0v) is 13.3. The third-order valence-electron chi connectivity index (χ3n) is 3.59. The quantitative estimate of drug-likeness (QED) is 0.824. The summed E-state index contributed by atoms with van der Waals surface area (Å²) in [5.74, 6) is 0.958. The van der Waals surface area contributed by atoms with Gasteiger partial charge in [-0.1, -0.05) is 31.2 Å². The van der Waals surface area contributed by atoms with Crippen LogP contribution in [0.5, 0.6) is 0 Å². The van der Waals surface area contributed by atoms with E-state index in [0.717, 1.165) is 31.9 Å². The summed E-state index contributed by atoms with van der Waals surface area (Å²) in [6.45, 7) is 9.35. The lowest BCUT2D eigenvalue weighted by Gasteiger charge is -2.25. The molecule has 0 aliphatic carbocycles. The van der Waals surface area contributed by atoms with Crippen molar-refractivity contribution in [2.24, 2.45) is 0 Å². The molecule has 0 atom stereocenters. The fourth-order valence-corrected chi connectivity index (χ4v) is 2.38. The SMILES string of the molecule is CCCNc1ccc(CN(CC)c2ccccc2C)cn1. The molecule has 0 aliphatic heterocycles. The topological polar surface area (TPSA) is 28.2 Å². The third-order valence-corrected chi connectivity index (χ3v) is 3.59. The van der Waals surface area contributed by atoms with Crippen molar-refractivity contribution in [3.63, 3.8) is 0 Å². The van der Waals surface area contributed by atoms with Gasteiger partial charge in [-0.3, -0.25) is 0 Å². The highest BCUT2D eigenvalue weighted by Crippen LogP contribution is 2.21. The van der Waals surface area contributed by atoms with E-state index in [1.165, 1.54) is 16.8 Å². The van der Waals surface area contributed by atoms with Gasteiger partial charge in [-0.25, -0.2) is 4.98 Å². The predicted octanol–water partition coefficient (Wildman–Crippen LogP) is 4.24. The minimum Gasteiger partial charge on any atom is -0.370 e. The fourth-order valence-electron chi connectivity index (χ4n) is 2.38. The molecule has 1 N–H and O–H groups in total. The second kappa shape index (κ2) is 7.67. The summed E-state index contributed by atoms with van der Waals surface area (Å²) in [7, 11) is 0. The summed E-state index contributed by atoms with van der Waals surface area (Å²) in [5, 5.41) is 3.30. The van der Waals surface area contributed by atoms with Crippen molar-refractivity contribution in [3.8, 4) is 0 Å². The molecule has 112 valence electrons. The molecule has 0 spiro atoms. The number of hydrogen-bond acceptors (Lipinski definition) is 3. The molecule has 1 heterocycles. The van der Waals surface area contributed by atoms with Crippen molar-refractivity contribution >= 4 is 11.5 Å². The molecule has 3 heteroatoms. The van der Waals surface area contributed by atoms with Gasteiger partial charge in [-0.05, 0) is 43.5 Å². The Morgan fingerprint density at radius 2 is 1.90 bits per heavy atom. The van der Waals surface area contributed by atoms with Crippen LogP contribution in [0.4, 0.5) is 11.5 Å². The summed E-state index contributed by atoms with van der Waals surface area (Å²) < 4.78 is 0. The van der Waals surface area contributed by atoms with Crippen molar-refractivity contribution in [1.82, 2.24) is 4.98 Å². The molecule has 2 rings (SSSR count). The first-order chi connectivity index (χ1) is 10.2. The van der Waals surface area contributed by atoms with Crippen LogP contribution in [0.2, 0.25) is 0 Å². The van der Waals surface area contributed by atoms with Gasteiger partial charge in [0.2, 0.25) is 0 Å². The Hall–Kier alpha value is -2.03. The smallest absolute Gasteiger partial charge is 0.125 e. The summed E-state index contributed by atoms with van der Waals surface area (Å²) in [6.07, 6.45) is 3.08. The number of aromatic nitrogens is 1. The highest BCUT2D eigenvalue weighted by atomic mass is 15.1. The monoisotopic (exact) mass is 283 g/mol. The minimum absolute atomic E-state index is 0.891. The molecule has 0 aliphatic rings. The van der Waals surface area contributed by atoms with E-state index in [1.54, 1.807) is 0 Å². The Balaban J connectivity index is 2.07. The van der Waals surface area contributed by atoms with E-state index >= 15 is 0 Å². The van der Waals surface area contributed by atoms with Gasteiger partial charge in [0.05, 0.1) is 0 Å². The Labute approximate surface area is 128 Å². The largest absolute Gasteiger partial charge is 0.370 e. The van der Waals surface area contributed by atoms with E-state index in [2.05, 4.69) is 72.4 Å². The van der Waals surface area contributed by atoms with Gasteiger partial charge in [-0.15, -0.1) is 0 Å². The first-order valence-corrected chi connectivity index (χ1v) is 7.74. The van der Waals surface area contributed by atoms with Crippen LogP contribution in [0.15, 0.2) is 42.6 Å². The summed E-state index contributed by atoms with van der Waals surface area (Å²) >= 11 is 0. The number of pyridine rings is 1. The zero-order chi connectivity index (χ0) is 15.1. The highest BCUT2D eigenvalue weighted by Gasteiger charge is 2.07. The average molecular weight is 283 g/mol. The van der Waals surface area contributed by atoms with E-state index in [-0.39, 0.29) is 0 Å². The van der Waals surface area contributed by atoms with E-state index in [9.17, 15) is 0 Å². The van der Waals surface area contributed by atoms with E-state index < -0.39 is 0 Å². The van der Waals surface area contributed by atoms with Crippen molar-refractivity contribution in [3.05, 3.63) is 53.7 Å². The lowest BCUT2D eigenvalue weighted by Crippen LogP contribution is -2.22. The number of rotatable bonds is 7. The number of nitrogens with zero attached hydrogens (tertiary/aromatic N) is 2. The lowest BCUT2D eigenvalue weighted by molar-refractivity contribution is 0.824. The summed E-state index contributed by atoms with van der Waals surface area (Å²) in [4.78, 5) is 6.86. The molecule has 0 radical (unpaired) electrons. The Morgan fingerprint density at radius 1 is 1.10 bits per heavy atom. The highest BCUT2D eigenvalue weighted by molar-refractivity contribution is 5.53. The number of hydrogen-bond donors (Lipinski definition) is 1. The van der Waals surface area contributed by atoms with Crippen LogP contribution in [0, 0.1) is 6.92 Å². The molecule has 2 aromatic rings. The normalized spacial score (nSPS) is 10.4. The van der Waals surface area contributed by atoms with E-state index in [4.69, 9.17) is 0 Å². The second-order valence-corrected chi connectivity index (χ2v) is 5.28. The molecule has 21 heavy (non-hydrogen) atoms. The number of para-hydroxylation sites is 1. The van der Waals surface area contributed by atoms with Gasteiger partial charge in [-0.2, -0.15) is 0 Å². The van der Waals surface area contributed by atoms with Crippen molar-refractivity contribution in [2.45, 2.75) is 33.7 Å². The van der Waals surface area contributed by atoms with Gasteiger partial charge in [0.25, 0.3) is 0 Å². The number of anilines is 2. The van der Waals surface area contributed by atoms with Gasteiger partial charge >= 0.3 is 0 Å². The van der Waals surface area contributed by atoms with Crippen LogP contribution in [-0.4, -0.2) is 18.1 Å². The van der Waals surface area contributed by atoms with Gasteiger partial charge in [0.15, 0.2) is 0 Å². The van der Waals surface area contributed by atoms with Gasteiger partial charge < -0.3 is 10.2 Å². The third kappa shape index (κ3) is 4.22. The average Bonchev–Trinajstić information content (AvgIpc) is 2.52. The molecule has 0 unspecified atom stereocenters. The Morgan fingerprint density at radius 3 is 2.52 bits per heavy atom. The maximum atomic E-state index is 4.48. The molecule has 0 bridgehead atoms. The fraction of sp³-hybridized carbons (Fsp3) is 0.389. The number of aryl methyl sites for hydroxylation is 1. The van der Waals surface area contributed by atoms with Gasteiger partial charge in [0.1, 0.15) is 5.82 Å². The molecule has 3 nitrogen and oxygen atoms in total. The lowest BCUT2D eigenvalue weighted by atomic mass is 10.1. The Bertz CT molecular complexity index is 549. The minimum atomic E-state index is 0.891. The maximum Gasteiger partial charge on any atom is 0.125 e. The van der Waals surface area contributed by atoms with Crippen LogP contribution in [0.1, 0.15) is 31.4 Å². The summed E-state index contributed by atoms with van der Waals surface area (Å²) in [6, 6.07) is 12.8.